The summed E-state index contributed by atoms with van der Waals surface area (Å²) in [6, 6.07) is 7.74. The van der Waals surface area contributed by atoms with Crippen molar-refractivity contribution in [1.29, 1.82) is 0 Å². The van der Waals surface area contributed by atoms with Gasteiger partial charge < -0.3 is 14.6 Å². The van der Waals surface area contributed by atoms with Crippen LogP contribution in [-0.2, 0) is 11.3 Å². The number of nitrogens with one attached hydrogen (secondary N) is 2. The van der Waals surface area contributed by atoms with E-state index in [1.54, 1.807) is 13.8 Å². The highest BCUT2D eigenvalue weighted by atomic mass is 79.9. The topological polar surface area (TPSA) is 63.6 Å². The minimum Gasteiger partial charge on any atom is -0.465 e. The van der Waals surface area contributed by atoms with E-state index in [0.717, 1.165) is 21.5 Å². The second-order valence-corrected chi connectivity index (χ2v) is 7.17. The number of methoxy groups -OCH3 is 1. The summed E-state index contributed by atoms with van der Waals surface area (Å²) in [7, 11) is 3.34. The van der Waals surface area contributed by atoms with Gasteiger partial charge in [-0.2, -0.15) is 0 Å². The molecule has 2 rings (SSSR count). The molecule has 6 heteroatoms. The zero-order valence-corrected chi connectivity index (χ0v) is 16.8. The molecule has 2 N–H and O–H groups in total. The molecule has 25 heavy (non-hydrogen) atoms. The van der Waals surface area contributed by atoms with Gasteiger partial charge in [-0.3, -0.25) is 4.79 Å². The number of hydrogen-bond acceptors (Lipinski definition) is 3. The van der Waals surface area contributed by atoms with Crippen LogP contribution in [0, 0.1) is 13.8 Å². The maximum Gasteiger partial charge on any atom is 0.339 e. The van der Waals surface area contributed by atoms with Crippen LogP contribution in [0.3, 0.4) is 0 Å². The number of carbonyl (C=O) groups excluding carboxylic acids is 2. The molecule has 0 aliphatic rings. The molecule has 2 aromatic rings. The summed E-state index contributed by atoms with van der Waals surface area (Å²) < 4.78 is 5.85. The number of hydrogen-bond donors (Lipinski definition) is 2. The minimum absolute atomic E-state index is 0.0136. The van der Waals surface area contributed by atoms with E-state index in [1.165, 1.54) is 7.11 Å². The maximum absolute atomic E-state index is 12.9. The van der Waals surface area contributed by atoms with Gasteiger partial charge in [0.2, 0.25) is 5.78 Å². The summed E-state index contributed by atoms with van der Waals surface area (Å²) in [5, 5.41) is 0. The van der Waals surface area contributed by atoms with E-state index in [4.69, 9.17) is 4.74 Å². The van der Waals surface area contributed by atoms with Crippen molar-refractivity contribution in [3.05, 3.63) is 56.8 Å². The van der Waals surface area contributed by atoms with Crippen molar-refractivity contribution in [3.8, 4) is 0 Å². The van der Waals surface area contributed by atoms with E-state index in [1.807, 2.05) is 38.2 Å². The smallest absolute Gasteiger partial charge is 0.339 e. The van der Waals surface area contributed by atoms with Gasteiger partial charge in [0, 0.05) is 15.7 Å². The standard InChI is InChI=1S/C19H23BrN2O3/c1-11-16(19(24)25-5)12(2)21-17(11)18(23)13(3)22(4)10-14-8-6-7-9-15(14)20/h6-9,13,21H,10H2,1-5H3/p+1/t13-/m1/s1. The van der Waals surface area contributed by atoms with Crippen molar-refractivity contribution >= 4 is 27.7 Å². The Balaban J connectivity index is 2.22. The number of ketones is 1. The van der Waals surface area contributed by atoms with Crippen molar-refractivity contribution in [3.63, 3.8) is 0 Å². The quantitative estimate of drug-likeness (QED) is 0.570. The number of ether oxygens (including phenoxy) is 1. The number of aromatic nitrogens is 1. The predicted molar refractivity (Wildman–Crippen MR) is 100 cm³/mol. The van der Waals surface area contributed by atoms with Crippen LogP contribution in [0.5, 0.6) is 0 Å². The number of quaternary nitrogens is 1. The number of aromatic amines is 1. The molecule has 5 nitrogen and oxygen atoms in total. The average Bonchev–Trinajstić information content (AvgIpc) is 2.89. The molecule has 0 bridgehead atoms. The number of rotatable bonds is 6. The van der Waals surface area contributed by atoms with E-state index in [0.29, 0.717) is 22.5 Å². The summed E-state index contributed by atoms with van der Waals surface area (Å²) >= 11 is 3.55. The minimum atomic E-state index is -0.424. The number of aryl methyl sites for hydroxylation is 1. The Labute approximate surface area is 156 Å². The van der Waals surface area contributed by atoms with Gasteiger partial charge in [0.1, 0.15) is 6.54 Å². The first kappa shape index (κ1) is 19.4. The van der Waals surface area contributed by atoms with Crippen LogP contribution < -0.4 is 4.90 Å². The molecule has 0 spiro atoms. The van der Waals surface area contributed by atoms with Gasteiger partial charge in [0.15, 0.2) is 6.04 Å². The Bertz CT molecular complexity index is 798. The summed E-state index contributed by atoms with van der Waals surface area (Å²) in [5.41, 5.74) is 3.38. The first-order chi connectivity index (χ1) is 11.8. The normalized spacial score (nSPS) is 13.4. The molecule has 0 amide bonds. The lowest BCUT2D eigenvalue weighted by molar-refractivity contribution is -0.907. The third kappa shape index (κ3) is 4.02. The van der Waals surface area contributed by atoms with Crippen LogP contribution in [-0.4, -0.2) is 36.9 Å². The van der Waals surface area contributed by atoms with Crippen molar-refractivity contribution in [1.82, 2.24) is 4.98 Å². The fourth-order valence-electron chi connectivity index (χ4n) is 2.94. The van der Waals surface area contributed by atoms with E-state index >= 15 is 0 Å². The van der Waals surface area contributed by atoms with Gasteiger partial charge in [0.25, 0.3) is 0 Å². The fraction of sp³-hybridized carbons (Fsp3) is 0.368. The van der Waals surface area contributed by atoms with Crippen molar-refractivity contribution in [2.24, 2.45) is 0 Å². The Morgan fingerprint density at radius 1 is 1.28 bits per heavy atom. The molecule has 0 aliphatic heterocycles. The first-order valence-corrected chi connectivity index (χ1v) is 8.94. The van der Waals surface area contributed by atoms with Crippen LogP contribution >= 0.6 is 15.9 Å². The second kappa shape index (κ2) is 7.97. The summed E-state index contributed by atoms with van der Waals surface area (Å²) in [4.78, 5) is 29.0. The number of Topliss-reactive ketones (excluding diaryl/α,β-unsaturated/α-hetero) is 1. The zero-order valence-electron chi connectivity index (χ0n) is 15.2. The highest BCUT2D eigenvalue weighted by molar-refractivity contribution is 9.10. The van der Waals surface area contributed by atoms with E-state index in [2.05, 4.69) is 20.9 Å². The van der Waals surface area contributed by atoms with Gasteiger partial charge in [-0.1, -0.05) is 34.1 Å². The predicted octanol–water partition coefficient (Wildman–Crippen LogP) is 2.47. The Morgan fingerprint density at radius 3 is 2.52 bits per heavy atom. The average molecular weight is 408 g/mol. The molecular weight excluding hydrogens is 384 g/mol. The Hall–Kier alpha value is -1.92. The van der Waals surface area contributed by atoms with E-state index < -0.39 is 5.97 Å². The third-order valence-electron chi connectivity index (χ3n) is 4.63. The number of esters is 1. The number of halogens is 1. The lowest BCUT2D eigenvalue weighted by Gasteiger charge is -2.21. The van der Waals surface area contributed by atoms with Crippen molar-refractivity contribution < 1.29 is 19.2 Å². The summed E-state index contributed by atoms with van der Waals surface area (Å²) in [6.07, 6.45) is 0. The molecule has 134 valence electrons. The fourth-order valence-corrected chi connectivity index (χ4v) is 3.37. The number of carbonyl (C=O) groups is 2. The molecule has 0 aliphatic carbocycles. The maximum atomic E-state index is 12.9. The molecule has 1 unspecified atom stereocenters. The molecular formula is C19H24BrN2O3+. The number of H-pyrrole nitrogens is 1. The van der Waals surface area contributed by atoms with Gasteiger partial charge in [-0.15, -0.1) is 0 Å². The summed E-state index contributed by atoms with van der Waals surface area (Å²) in [6.45, 7) is 6.18. The number of likely N-dealkylation sites (N-methyl/N-ethyl adjacent to an activating group) is 1. The molecule has 0 saturated carbocycles. The third-order valence-corrected chi connectivity index (χ3v) is 5.41. The number of benzene rings is 1. The Morgan fingerprint density at radius 2 is 1.92 bits per heavy atom. The van der Waals surface area contributed by atoms with Gasteiger partial charge >= 0.3 is 5.97 Å². The molecule has 0 saturated heterocycles. The molecule has 0 radical (unpaired) electrons. The van der Waals surface area contributed by atoms with Crippen LogP contribution in [0.1, 0.15) is 44.6 Å². The monoisotopic (exact) mass is 407 g/mol. The summed E-state index contributed by atoms with van der Waals surface area (Å²) in [5.74, 6) is -0.438. The lowest BCUT2D eigenvalue weighted by atomic mass is 10.0. The molecule has 1 aromatic heterocycles. The van der Waals surface area contributed by atoms with Gasteiger partial charge in [-0.05, 0) is 32.4 Å². The van der Waals surface area contributed by atoms with Crippen LogP contribution in [0.15, 0.2) is 28.7 Å². The molecule has 1 heterocycles. The van der Waals surface area contributed by atoms with Gasteiger partial charge in [-0.25, -0.2) is 4.79 Å². The van der Waals surface area contributed by atoms with Crippen molar-refractivity contribution in [2.45, 2.75) is 33.4 Å². The van der Waals surface area contributed by atoms with E-state index in [-0.39, 0.29) is 11.8 Å². The molecule has 1 aromatic carbocycles. The second-order valence-electron chi connectivity index (χ2n) is 6.32. The molecule has 0 fully saturated rings. The van der Waals surface area contributed by atoms with Crippen LogP contribution in [0.4, 0.5) is 0 Å². The Kier molecular flexibility index (Phi) is 6.19. The highest BCUT2D eigenvalue weighted by Gasteiger charge is 2.29. The molecule has 2 atom stereocenters. The largest absolute Gasteiger partial charge is 0.465 e. The lowest BCUT2D eigenvalue weighted by Crippen LogP contribution is -3.12. The zero-order chi connectivity index (χ0) is 18.7. The first-order valence-electron chi connectivity index (χ1n) is 8.15. The van der Waals surface area contributed by atoms with E-state index in [9.17, 15) is 9.59 Å². The van der Waals surface area contributed by atoms with Crippen LogP contribution in [0.2, 0.25) is 0 Å². The highest BCUT2D eigenvalue weighted by Crippen LogP contribution is 2.20. The SMILES string of the molecule is COC(=O)c1c(C)[nH]c(C(=O)[C@@H](C)[NH+](C)Cc2ccccc2Br)c1C. The van der Waals surface area contributed by atoms with Crippen LogP contribution in [0.25, 0.3) is 0 Å². The van der Waals surface area contributed by atoms with Crippen molar-refractivity contribution in [2.75, 3.05) is 14.2 Å². The van der Waals surface area contributed by atoms with Gasteiger partial charge in [0.05, 0.1) is 25.4 Å².